The Morgan fingerprint density at radius 2 is 1.64 bits per heavy atom. The third kappa shape index (κ3) is 4.01. The van der Waals surface area contributed by atoms with E-state index in [1.807, 2.05) is 58.0 Å². The molecule has 4 heterocycles. The van der Waals surface area contributed by atoms with Crippen molar-refractivity contribution >= 4 is 10.9 Å². The molecule has 6 rings (SSSR count). The fourth-order valence-electron chi connectivity index (χ4n) is 5.91. The normalized spacial score (nSPS) is 17.7. The van der Waals surface area contributed by atoms with Crippen molar-refractivity contribution in [1.82, 2.24) is 34.7 Å². The van der Waals surface area contributed by atoms with Crippen LogP contribution >= 0.6 is 0 Å². The Labute approximate surface area is 209 Å². The molecule has 2 aromatic carbocycles. The zero-order chi connectivity index (χ0) is 25.1. The van der Waals surface area contributed by atoms with E-state index in [2.05, 4.69) is 50.2 Å². The lowest BCUT2D eigenvalue weighted by Gasteiger charge is -2.46. The molecule has 8 nitrogen and oxygen atoms in total. The molecule has 1 N–H and O–H groups in total. The zero-order valence-corrected chi connectivity index (χ0v) is 21.1. The van der Waals surface area contributed by atoms with Crippen LogP contribution in [0.3, 0.4) is 0 Å². The van der Waals surface area contributed by atoms with Crippen molar-refractivity contribution in [2.45, 2.75) is 64.2 Å². The molecule has 36 heavy (non-hydrogen) atoms. The van der Waals surface area contributed by atoms with Crippen molar-refractivity contribution in [2.24, 2.45) is 0 Å². The number of rotatable bonds is 4. The summed E-state index contributed by atoms with van der Waals surface area (Å²) >= 11 is 0. The van der Waals surface area contributed by atoms with E-state index in [1.54, 1.807) is 10.9 Å². The maximum absolute atomic E-state index is 13.7. The van der Waals surface area contributed by atoms with Gasteiger partial charge >= 0.3 is 0 Å². The van der Waals surface area contributed by atoms with Gasteiger partial charge < -0.3 is 5.32 Å². The highest BCUT2D eigenvalue weighted by Crippen LogP contribution is 2.36. The van der Waals surface area contributed by atoms with Crippen molar-refractivity contribution in [3.05, 3.63) is 82.9 Å². The highest BCUT2D eigenvalue weighted by molar-refractivity contribution is 5.92. The molecule has 8 heteroatoms. The van der Waals surface area contributed by atoms with Crippen LogP contribution in [0.2, 0.25) is 0 Å². The second kappa shape index (κ2) is 8.13. The van der Waals surface area contributed by atoms with Gasteiger partial charge in [0.2, 0.25) is 0 Å². The van der Waals surface area contributed by atoms with Crippen LogP contribution in [-0.4, -0.2) is 40.4 Å². The van der Waals surface area contributed by atoms with Crippen LogP contribution in [0.15, 0.2) is 71.8 Å². The van der Waals surface area contributed by atoms with E-state index in [0.29, 0.717) is 17.9 Å². The predicted octanol–water partition coefficient (Wildman–Crippen LogP) is 4.41. The highest BCUT2D eigenvalue weighted by Gasteiger charge is 2.40. The molecule has 0 spiro atoms. The quantitative estimate of drug-likeness (QED) is 0.411. The van der Waals surface area contributed by atoms with Gasteiger partial charge in [-0.2, -0.15) is 15.3 Å². The van der Waals surface area contributed by atoms with Crippen molar-refractivity contribution in [3.8, 4) is 17.1 Å². The van der Waals surface area contributed by atoms with Crippen LogP contribution < -0.4 is 10.9 Å². The predicted molar refractivity (Wildman–Crippen MR) is 141 cm³/mol. The topological polar surface area (TPSA) is 82.6 Å². The maximum atomic E-state index is 13.7. The summed E-state index contributed by atoms with van der Waals surface area (Å²) in [4.78, 5) is 13.7. The van der Waals surface area contributed by atoms with Crippen molar-refractivity contribution < 1.29 is 0 Å². The van der Waals surface area contributed by atoms with E-state index in [4.69, 9.17) is 10.2 Å². The average Bonchev–Trinajstić information content (AvgIpc) is 3.47. The first kappa shape index (κ1) is 22.7. The SMILES string of the molecule is CC1(C)CC(n2nc3c4ccccc4n(Cc4ccc(-n5cccn5)cc4)nc-3c2=O)CC(C)(C)N1. The number of hydrogen-bond donors (Lipinski definition) is 1. The molecule has 0 saturated carbocycles. The van der Waals surface area contributed by atoms with E-state index < -0.39 is 0 Å². The van der Waals surface area contributed by atoms with Crippen LogP contribution in [0, 0.1) is 0 Å². The van der Waals surface area contributed by atoms with Gasteiger partial charge in [-0.1, -0.05) is 30.3 Å². The Kier molecular flexibility index (Phi) is 5.12. The van der Waals surface area contributed by atoms with Crippen LogP contribution in [-0.2, 0) is 6.54 Å². The summed E-state index contributed by atoms with van der Waals surface area (Å²) in [5, 5.41) is 18.7. The number of hydrogen-bond acceptors (Lipinski definition) is 5. The van der Waals surface area contributed by atoms with Gasteiger partial charge in [0.05, 0.1) is 23.8 Å². The lowest BCUT2D eigenvalue weighted by Crippen LogP contribution is -2.58. The molecule has 3 aliphatic rings. The Bertz CT molecular complexity index is 1540. The minimum absolute atomic E-state index is 0.0139. The summed E-state index contributed by atoms with van der Waals surface area (Å²) in [6.07, 6.45) is 5.35. The monoisotopic (exact) mass is 481 g/mol. The minimum atomic E-state index is -0.114. The van der Waals surface area contributed by atoms with Gasteiger partial charge in [-0.25, -0.2) is 9.36 Å². The van der Waals surface area contributed by atoms with Gasteiger partial charge in [-0.05, 0) is 70.4 Å². The molecule has 3 aromatic rings. The molecular weight excluding hydrogens is 450 g/mol. The second-order valence-electron chi connectivity index (χ2n) is 11.2. The Hall–Kier alpha value is -3.78. The van der Waals surface area contributed by atoms with E-state index in [-0.39, 0.29) is 22.7 Å². The molecule has 3 aliphatic heterocycles. The largest absolute Gasteiger partial charge is 0.307 e. The van der Waals surface area contributed by atoms with Gasteiger partial charge in [0.25, 0.3) is 5.56 Å². The first-order chi connectivity index (χ1) is 17.2. The Morgan fingerprint density at radius 1 is 0.917 bits per heavy atom. The second-order valence-corrected chi connectivity index (χ2v) is 11.2. The van der Waals surface area contributed by atoms with Crippen molar-refractivity contribution in [2.75, 3.05) is 0 Å². The molecule has 0 bridgehead atoms. The summed E-state index contributed by atoms with van der Waals surface area (Å²) in [7, 11) is 0. The Morgan fingerprint density at radius 3 is 2.33 bits per heavy atom. The van der Waals surface area contributed by atoms with Gasteiger partial charge in [0.15, 0.2) is 5.69 Å². The van der Waals surface area contributed by atoms with Gasteiger partial charge in [-0.3, -0.25) is 9.48 Å². The van der Waals surface area contributed by atoms with E-state index in [1.165, 1.54) is 0 Å². The highest BCUT2D eigenvalue weighted by atomic mass is 16.1. The van der Waals surface area contributed by atoms with Crippen molar-refractivity contribution in [1.29, 1.82) is 0 Å². The van der Waals surface area contributed by atoms with E-state index in [0.717, 1.165) is 35.0 Å². The number of fused-ring (bicyclic) bond motifs is 3. The molecule has 0 unspecified atom stereocenters. The molecule has 0 atom stereocenters. The number of nitrogens with zero attached hydrogens (tertiary/aromatic N) is 6. The van der Waals surface area contributed by atoms with Crippen LogP contribution in [0.1, 0.15) is 52.1 Å². The molecule has 1 fully saturated rings. The van der Waals surface area contributed by atoms with E-state index >= 15 is 0 Å². The minimum Gasteiger partial charge on any atom is -0.307 e. The maximum Gasteiger partial charge on any atom is 0.297 e. The average molecular weight is 482 g/mol. The number of benzene rings is 2. The summed E-state index contributed by atoms with van der Waals surface area (Å²) in [6.45, 7) is 9.30. The molecule has 184 valence electrons. The number of para-hydroxylation sites is 1. The fourth-order valence-corrected chi connectivity index (χ4v) is 5.91. The first-order valence-electron chi connectivity index (χ1n) is 12.5. The number of nitrogens with one attached hydrogen (secondary N) is 1. The third-order valence-corrected chi connectivity index (χ3v) is 7.05. The zero-order valence-electron chi connectivity index (χ0n) is 21.1. The van der Waals surface area contributed by atoms with Gasteiger partial charge in [0, 0.05) is 28.9 Å². The summed E-state index contributed by atoms with van der Waals surface area (Å²) < 4.78 is 5.44. The molecule has 0 amide bonds. The molecule has 1 aromatic heterocycles. The molecule has 0 aliphatic carbocycles. The lowest BCUT2D eigenvalue weighted by atomic mass is 9.80. The van der Waals surface area contributed by atoms with Crippen LogP contribution in [0.4, 0.5) is 0 Å². The van der Waals surface area contributed by atoms with Crippen molar-refractivity contribution in [3.63, 3.8) is 0 Å². The smallest absolute Gasteiger partial charge is 0.297 e. The standard InChI is InChI=1S/C28H31N7O/c1-27(2)16-21(17-28(3,4)32-27)35-26(36)25-24(31-35)22-8-5-6-9-23(22)34(30-25)18-19-10-12-20(13-11-19)33-15-7-14-29-33/h5-15,21,32H,16-18H2,1-4H3. The third-order valence-electron chi connectivity index (χ3n) is 7.05. The van der Waals surface area contributed by atoms with Gasteiger partial charge in [-0.15, -0.1) is 0 Å². The molecule has 1 saturated heterocycles. The lowest BCUT2D eigenvalue weighted by molar-refractivity contribution is 0.124. The van der Waals surface area contributed by atoms with Gasteiger partial charge in [0.1, 0.15) is 5.69 Å². The van der Waals surface area contributed by atoms with E-state index in [9.17, 15) is 4.79 Å². The Balaban J connectivity index is 1.42. The fraction of sp³-hybridized carbons (Fsp3) is 0.357. The molecule has 0 radical (unpaired) electrons. The van der Waals surface area contributed by atoms with Crippen LogP contribution in [0.25, 0.3) is 28.0 Å². The first-order valence-corrected chi connectivity index (χ1v) is 12.5. The molecular formula is C28H31N7O. The van der Waals surface area contributed by atoms with Crippen LogP contribution in [0.5, 0.6) is 0 Å². The summed E-state index contributed by atoms with van der Waals surface area (Å²) in [5.41, 5.74) is 3.86. The summed E-state index contributed by atoms with van der Waals surface area (Å²) in [5.74, 6) is 0. The number of aromatic nitrogens is 6. The number of piperidine rings is 1. The summed E-state index contributed by atoms with van der Waals surface area (Å²) in [6, 6.07) is 18.2.